The lowest BCUT2D eigenvalue weighted by molar-refractivity contribution is -0.252. The van der Waals surface area contributed by atoms with Crippen LogP contribution in [0.1, 0.15) is 0 Å². The SMILES string of the molecule is C=COOn1c(=O)/c(=C2\SCC(=O)N2CC(=O)O)s/c1=C1\SC(=S)N(CC(=O)O)C1=O. The number of rotatable bonds is 7. The van der Waals surface area contributed by atoms with Crippen molar-refractivity contribution in [3.05, 3.63) is 32.4 Å². The third-order valence-electron chi connectivity index (χ3n) is 3.65. The molecule has 3 rings (SSSR count). The molecule has 0 spiro atoms. The molecular formula is C15H11N3O9S4. The van der Waals surface area contributed by atoms with Gasteiger partial charge in [0, 0.05) is 0 Å². The zero-order valence-electron chi connectivity index (χ0n) is 15.1. The van der Waals surface area contributed by atoms with Gasteiger partial charge in [-0.3, -0.25) is 38.7 Å². The van der Waals surface area contributed by atoms with Gasteiger partial charge in [0.25, 0.3) is 5.91 Å². The lowest BCUT2D eigenvalue weighted by Gasteiger charge is -2.12. The van der Waals surface area contributed by atoms with Crippen LogP contribution in [0.2, 0.25) is 0 Å². The van der Waals surface area contributed by atoms with Crippen molar-refractivity contribution in [3.8, 4) is 0 Å². The molecule has 2 amide bonds. The van der Waals surface area contributed by atoms with Crippen LogP contribution in [0.4, 0.5) is 0 Å². The maximum absolute atomic E-state index is 13.0. The lowest BCUT2D eigenvalue weighted by atomic mass is 10.4. The lowest BCUT2D eigenvalue weighted by Crippen LogP contribution is -2.40. The molecule has 3 heterocycles. The monoisotopic (exact) mass is 505 g/mol. The average molecular weight is 506 g/mol. The van der Waals surface area contributed by atoms with Crippen LogP contribution in [0.15, 0.2) is 17.6 Å². The number of hydrogen-bond acceptors (Lipinski definition) is 11. The van der Waals surface area contributed by atoms with Crippen molar-refractivity contribution in [1.82, 2.24) is 14.5 Å². The molecule has 0 bridgehead atoms. The molecule has 2 saturated heterocycles. The molecule has 31 heavy (non-hydrogen) atoms. The molecule has 0 aromatic carbocycles. The Morgan fingerprint density at radius 3 is 2.42 bits per heavy atom. The van der Waals surface area contributed by atoms with Gasteiger partial charge < -0.3 is 10.2 Å². The van der Waals surface area contributed by atoms with E-state index in [0.717, 1.165) is 50.9 Å². The van der Waals surface area contributed by atoms with Gasteiger partial charge in [-0.05, 0) is 0 Å². The number of nitrogens with zero attached hydrogens (tertiary/aromatic N) is 3. The second-order valence-electron chi connectivity index (χ2n) is 5.62. The fourth-order valence-corrected chi connectivity index (χ4v) is 6.11. The largest absolute Gasteiger partial charge is 0.480 e. The summed E-state index contributed by atoms with van der Waals surface area (Å²) in [6.45, 7) is 1.96. The highest BCUT2D eigenvalue weighted by Gasteiger charge is 2.37. The maximum atomic E-state index is 13.0. The number of hydrogen-bond donors (Lipinski definition) is 2. The minimum Gasteiger partial charge on any atom is -0.480 e. The summed E-state index contributed by atoms with van der Waals surface area (Å²) >= 11 is 7.53. The quantitative estimate of drug-likeness (QED) is 0.186. The number of amides is 2. The summed E-state index contributed by atoms with van der Waals surface area (Å²) in [5.41, 5.74) is -0.821. The standard InChI is InChI=1S/C15H11N3O9S4/c1-2-26-27-18-12(25)10(13-16(3-7(20)21)6(19)5-29-13)30-14(18)9-11(24)17(4-8(22)23)15(28)31-9/h2H,1,3-5H2,(H,20,21)(H,22,23)/b13-10+,14-9-. The van der Waals surface area contributed by atoms with Crippen LogP contribution in [0, 0.1) is 0 Å². The van der Waals surface area contributed by atoms with Crippen LogP contribution in [0.3, 0.4) is 0 Å². The molecule has 0 saturated carbocycles. The third kappa shape index (κ3) is 4.46. The predicted molar refractivity (Wildman–Crippen MR) is 114 cm³/mol. The fourth-order valence-electron chi connectivity index (χ4n) is 2.46. The summed E-state index contributed by atoms with van der Waals surface area (Å²) in [5.74, 6) is -3.89. The number of carboxylic acids is 2. The number of thioether (sulfide) groups is 2. The first-order valence-corrected chi connectivity index (χ1v) is 11.0. The van der Waals surface area contributed by atoms with E-state index >= 15 is 0 Å². The summed E-state index contributed by atoms with van der Waals surface area (Å²) in [6.07, 6.45) is 0.876. The zero-order valence-corrected chi connectivity index (χ0v) is 18.4. The number of thiocarbonyl (C=S) groups is 1. The second-order valence-corrected chi connectivity index (χ2v) is 9.23. The van der Waals surface area contributed by atoms with Crippen molar-refractivity contribution < 1.29 is 39.3 Å². The number of carbonyl (C=O) groups excluding carboxylic acids is 2. The Balaban J connectivity index is 2.26. The third-order valence-corrected chi connectivity index (χ3v) is 7.57. The first-order chi connectivity index (χ1) is 14.6. The molecule has 0 radical (unpaired) electrons. The first kappa shape index (κ1) is 22.9. The van der Waals surface area contributed by atoms with E-state index in [1.165, 1.54) is 0 Å². The van der Waals surface area contributed by atoms with Crippen molar-refractivity contribution in [2.75, 3.05) is 18.8 Å². The Morgan fingerprint density at radius 2 is 1.81 bits per heavy atom. The van der Waals surface area contributed by atoms with Gasteiger partial charge in [-0.25, -0.2) is 0 Å². The molecular weight excluding hydrogens is 494 g/mol. The van der Waals surface area contributed by atoms with E-state index in [9.17, 15) is 24.0 Å². The van der Waals surface area contributed by atoms with Crippen LogP contribution in [0.25, 0.3) is 9.93 Å². The molecule has 1 aromatic heterocycles. The predicted octanol–water partition coefficient (Wildman–Crippen LogP) is -1.81. The second kappa shape index (κ2) is 9.13. The zero-order chi connectivity index (χ0) is 22.9. The number of carbonyl (C=O) groups is 4. The van der Waals surface area contributed by atoms with E-state index in [-0.39, 0.29) is 29.2 Å². The van der Waals surface area contributed by atoms with Gasteiger partial charge >= 0.3 is 17.5 Å². The van der Waals surface area contributed by atoms with Gasteiger partial charge in [-0.15, -0.1) is 11.3 Å². The topological polar surface area (TPSA) is 156 Å². The van der Waals surface area contributed by atoms with Gasteiger partial charge in [-0.1, -0.05) is 47.1 Å². The Hall–Kier alpha value is -2.82. The molecule has 16 heteroatoms. The van der Waals surface area contributed by atoms with Crippen LogP contribution < -0.4 is 19.7 Å². The van der Waals surface area contributed by atoms with E-state index in [0.29, 0.717) is 4.73 Å². The Labute approximate surface area is 189 Å². The number of carboxylic acid groups (broad SMARTS) is 2. The summed E-state index contributed by atoms with van der Waals surface area (Å²) in [7, 11) is 0. The van der Waals surface area contributed by atoms with E-state index in [4.69, 9.17) is 27.4 Å². The highest BCUT2D eigenvalue weighted by atomic mass is 32.2. The summed E-state index contributed by atoms with van der Waals surface area (Å²) in [4.78, 5) is 71.1. The van der Waals surface area contributed by atoms with E-state index in [1.54, 1.807) is 0 Å². The average Bonchev–Trinajstić information content (AvgIpc) is 3.29. The fraction of sp³-hybridized carbons (Fsp3) is 0.200. The Kier molecular flexibility index (Phi) is 6.73. The van der Waals surface area contributed by atoms with Gasteiger partial charge in [0.1, 0.15) is 38.1 Å². The Morgan fingerprint density at radius 1 is 1.16 bits per heavy atom. The molecule has 2 aliphatic rings. The minimum atomic E-state index is -1.28. The van der Waals surface area contributed by atoms with Gasteiger partial charge in [0.2, 0.25) is 5.91 Å². The number of aliphatic carboxylic acids is 2. The summed E-state index contributed by atoms with van der Waals surface area (Å²) in [5, 5.41) is 18.1. The smallest absolute Gasteiger partial charge is 0.323 e. The molecule has 2 aliphatic heterocycles. The summed E-state index contributed by atoms with van der Waals surface area (Å²) < 4.78 is 0.453. The molecule has 2 N–H and O–H groups in total. The molecule has 164 valence electrons. The number of thiazole rings is 1. The van der Waals surface area contributed by atoms with Crippen LogP contribution in [-0.2, 0) is 24.1 Å². The maximum Gasteiger partial charge on any atom is 0.323 e. The minimum absolute atomic E-state index is 0.0356. The molecule has 12 nitrogen and oxygen atoms in total. The summed E-state index contributed by atoms with van der Waals surface area (Å²) in [6, 6.07) is 0. The highest BCUT2D eigenvalue weighted by Crippen LogP contribution is 2.31. The first-order valence-electron chi connectivity index (χ1n) is 8.01. The molecule has 0 unspecified atom stereocenters. The molecule has 2 fully saturated rings. The van der Waals surface area contributed by atoms with E-state index in [1.807, 2.05) is 0 Å². The Bertz CT molecular complexity index is 1200. The van der Waals surface area contributed by atoms with Crippen molar-refractivity contribution in [2.45, 2.75) is 0 Å². The molecule has 0 aliphatic carbocycles. The highest BCUT2D eigenvalue weighted by molar-refractivity contribution is 8.30. The molecule has 1 aromatic rings. The number of aromatic nitrogens is 1. The van der Waals surface area contributed by atoms with Gasteiger partial charge in [-0.2, -0.15) is 4.99 Å². The van der Waals surface area contributed by atoms with Gasteiger partial charge in [0.05, 0.1) is 5.75 Å². The van der Waals surface area contributed by atoms with Crippen LogP contribution in [-0.4, -0.2) is 71.7 Å². The van der Waals surface area contributed by atoms with E-state index < -0.39 is 42.4 Å². The van der Waals surface area contributed by atoms with Crippen molar-refractivity contribution in [1.29, 1.82) is 0 Å². The van der Waals surface area contributed by atoms with Crippen LogP contribution >= 0.6 is 47.1 Å². The molecule has 0 atom stereocenters. The van der Waals surface area contributed by atoms with E-state index in [2.05, 4.69) is 11.5 Å². The van der Waals surface area contributed by atoms with Crippen molar-refractivity contribution in [3.63, 3.8) is 0 Å². The van der Waals surface area contributed by atoms with Crippen molar-refractivity contribution in [2.24, 2.45) is 0 Å². The van der Waals surface area contributed by atoms with Crippen LogP contribution in [0.5, 0.6) is 0 Å². The van der Waals surface area contributed by atoms with Crippen molar-refractivity contribution >= 4 is 85.1 Å². The van der Waals surface area contributed by atoms with Gasteiger partial charge in [0.15, 0.2) is 4.66 Å². The normalized spacial score (nSPS) is 19.8.